The zero-order chi connectivity index (χ0) is 14.0. The number of ether oxygens (including phenoxy) is 1. The van der Waals surface area contributed by atoms with Crippen molar-refractivity contribution < 1.29 is 4.74 Å². The zero-order valence-corrected chi connectivity index (χ0v) is 12.0. The number of nitrogens with two attached hydrogens (primary N) is 1. The van der Waals surface area contributed by atoms with Crippen LogP contribution in [0.3, 0.4) is 0 Å². The first-order chi connectivity index (χ1) is 9.02. The van der Waals surface area contributed by atoms with Crippen LogP contribution in [0.15, 0.2) is 36.4 Å². The third-order valence-corrected chi connectivity index (χ3v) is 3.36. The highest BCUT2D eigenvalue weighted by atomic mass is 16.5. The molecule has 2 rings (SSSR count). The van der Waals surface area contributed by atoms with Gasteiger partial charge in [0.2, 0.25) is 0 Å². The average Bonchev–Trinajstić information content (AvgIpc) is 2.37. The van der Waals surface area contributed by atoms with Crippen LogP contribution < -0.4 is 10.5 Å². The van der Waals surface area contributed by atoms with E-state index >= 15 is 0 Å². The summed E-state index contributed by atoms with van der Waals surface area (Å²) in [7, 11) is 1.72. The lowest BCUT2D eigenvalue weighted by Gasteiger charge is -2.15. The highest BCUT2D eigenvalue weighted by molar-refractivity contribution is 5.75. The molecular formula is C17H21NO. The Labute approximate surface area is 115 Å². The number of methoxy groups -OCH3 is 1. The van der Waals surface area contributed by atoms with Crippen molar-refractivity contribution in [1.82, 2.24) is 0 Å². The summed E-state index contributed by atoms with van der Waals surface area (Å²) >= 11 is 0. The summed E-state index contributed by atoms with van der Waals surface area (Å²) in [5, 5.41) is 0. The van der Waals surface area contributed by atoms with Gasteiger partial charge in [0.1, 0.15) is 5.75 Å². The molecule has 2 N–H and O–H groups in total. The lowest BCUT2D eigenvalue weighted by atomic mass is 9.95. The fraction of sp³-hybridized carbons (Fsp3) is 0.294. The van der Waals surface area contributed by atoms with Gasteiger partial charge < -0.3 is 10.5 Å². The first-order valence-electron chi connectivity index (χ1n) is 6.54. The fourth-order valence-corrected chi connectivity index (χ4v) is 2.44. The van der Waals surface area contributed by atoms with Crippen LogP contribution in [0.1, 0.15) is 29.7 Å². The predicted octanol–water partition coefficient (Wildman–Crippen LogP) is 4.00. The Bertz CT molecular complexity index is 588. The van der Waals surface area contributed by atoms with Crippen LogP contribution in [0.25, 0.3) is 11.1 Å². The summed E-state index contributed by atoms with van der Waals surface area (Å²) in [6, 6.07) is 12.6. The second kappa shape index (κ2) is 5.45. The van der Waals surface area contributed by atoms with E-state index in [-0.39, 0.29) is 6.04 Å². The molecule has 0 aliphatic rings. The van der Waals surface area contributed by atoms with E-state index in [1.165, 1.54) is 11.1 Å². The van der Waals surface area contributed by atoms with Crippen LogP contribution in [0.5, 0.6) is 5.75 Å². The number of hydrogen-bond donors (Lipinski definition) is 1. The maximum absolute atomic E-state index is 5.96. The number of aryl methyl sites for hydroxylation is 2. The van der Waals surface area contributed by atoms with E-state index < -0.39 is 0 Å². The van der Waals surface area contributed by atoms with Gasteiger partial charge in [-0.25, -0.2) is 0 Å². The molecule has 1 unspecified atom stereocenters. The van der Waals surface area contributed by atoms with Gasteiger partial charge in [0.15, 0.2) is 0 Å². The van der Waals surface area contributed by atoms with Gasteiger partial charge in [-0.2, -0.15) is 0 Å². The van der Waals surface area contributed by atoms with E-state index in [2.05, 4.69) is 44.2 Å². The third-order valence-electron chi connectivity index (χ3n) is 3.36. The molecule has 0 aliphatic carbocycles. The minimum atomic E-state index is 0.0386. The average molecular weight is 255 g/mol. The monoisotopic (exact) mass is 255 g/mol. The fourth-order valence-electron chi connectivity index (χ4n) is 2.44. The van der Waals surface area contributed by atoms with Crippen LogP contribution in [-0.4, -0.2) is 7.11 Å². The molecule has 2 aromatic carbocycles. The van der Waals surface area contributed by atoms with Gasteiger partial charge in [-0.3, -0.25) is 0 Å². The largest absolute Gasteiger partial charge is 0.496 e. The third kappa shape index (κ3) is 2.79. The van der Waals surface area contributed by atoms with E-state index in [1.807, 2.05) is 13.0 Å². The van der Waals surface area contributed by atoms with Gasteiger partial charge in [0, 0.05) is 11.6 Å². The molecule has 1 atom stereocenters. The van der Waals surface area contributed by atoms with Crippen molar-refractivity contribution in [2.24, 2.45) is 5.73 Å². The Hall–Kier alpha value is -1.80. The number of hydrogen-bond acceptors (Lipinski definition) is 2. The summed E-state index contributed by atoms with van der Waals surface area (Å²) in [5.74, 6) is 0.916. The molecule has 19 heavy (non-hydrogen) atoms. The Morgan fingerprint density at radius 2 is 1.84 bits per heavy atom. The summed E-state index contributed by atoms with van der Waals surface area (Å²) < 4.78 is 5.53. The van der Waals surface area contributed by atoms with Crippen LogP contribution in [0.2, 0.25) is 0 Å². The Kier molecular flexibility index (Phi) is 3.91. The Morgan fingerprint density at radius 1 is 1.11 bits per heavy atom. The van der Waals surface area contributed by atoms with E-state index in [0.29, 0.717) is 0 Å². The normalized spacial score (nSPS) is 12.3. The van der Waals surface area contributed by atoms with E-state index in [0.717, 1.165) is 22.4 Å². The molecule has 0 aromatic heterocycles. The van der Waals surface area contributed by atoms with Crippen molar-refractivity contribution in [2.75, 3.05) is 7.11 Å². The molecule has 0 aliphatic heterocycles. The smallest absolute Gasteiger partial charge is 0.127 e. The molecule has 0 saturated carbocycles. The molecule has 0 heterocycles. The molecule has 100 valence electrons. The highest BCUT2D eigenvalue weighted by Crippen LogP contribution is 2.35. The topological polar surface area (TPSA) is 35.2 Å². The first-order valence-corrected chi connectivity index (χ1v) is 6.54. The molecular weight excluding hydrogens is 234 g/mol. The summed E-state index contributed by atoms with van der Waals surface area (Å²) in [6.07, 6.45) is 0. The van der Waals surface area contributed by atoms with E-state index in [4.69, 9.17) is 10.5 Å². The van der Waals surface area contributed by atoms with Crippen molar-refractivity contribution in [3.8, 4) is 16.9 Å². The quantitative estimate of drug-likeness (QED) is 0.899. The molecule has 0 spiro atoms. The van der Waals surface area contributed by atoms with Gasteiger partial charge in [-0.1, -0.05) is 24.3 Å². The number of rotatable bonds is 3. The maximum Gasteiger partial charge on any atom is 0.127 e. The molecule has 2 nitrogen and oxygen atoms in total. The SMILES string of the molecule is COc1cc(C)cc(C)c1-c1cccc(C(C)N)c1. The second-order valence-electron chi connectivity index (χ2n) is 5.07. The van der Waals surface area contributed by atoms with Crippen molar-refractivity contribution in [3.63, 3.8) is 0 Å². The van der Waals surface area contributed by atoms with Gasteiger partial charge in [0.25, 0.3) is 0 Å². The number of benzene rings is 2. The summed E-state index contributed by atoms with van der Waals surface area (Å²) in [4.78, 5) is 0. The van der Waals surface area contributed by atoms with Crippen molar-refractivity contribution >= 4 is 0 Å². The summed E-state index contributed by atoms with van der Waals surface area (Å²) in [5.41, 5.74) is 11.8. The van der Waals surface area contributed by atoms with Crippen molar-refractivity contribution in [2.45, 2.75) is 26.8 Å². The maximum atomic E-state index is 5.96. The predicted molar refractivity (Wildman–Crippen MR) is 80.5 cm³/mol. The lowest BCUT2D eigenvalue weighted by molar-refractivity contribution is 0.416. The Morgan fingerprint density at radius 3 is 2.47 bits per heavy atom. The van der Waals surface area contributed by atoms with Gasteiger partial charge >= 0.3 is 0 Å². The molecule has 2 aromatic rings. The lowest BCUT2D eigenvalue weighted by Crippen LogP contribution is -2.04. The second-order valence-corrected chi connectivity index (χ2v) is 5.07. The van der Waals surface area contributed by atoms with Crippen molar-refractivity contribution in [1.29, 1.82) is 0 Å². The molecule has 0 saturated heterocycles. The molecule has 0 fully saturated rings. The van der Waals surface area contributed by atoms with Crippen LogP contribution in [0, 0.1) is 13.8 Å². The summed E-state index contributed by atoms with van der Waals surface area (Å²) in [6.45, 7) is 6.19. The van der Waals surface area contributed by atoms with Crippen LogP contribution in [-0.2, 0) is 0 Å². The van der Waals surface area contributed by atoms with E-state index in [9.17, 15) is 0 Å². The highest BCUT2D eigenvalue weighted by Gasteiger charge is 2.11. The Balaban J connectivity index is 2.61. The molecule has 0 amide bonds. The van der Waals surface area contributed by atoms with Gasteiger partial charge in [-0.15, -0.1) is 0 Å². The molecule has 2 heteroatoms. The zero-order valence-electron chi connectivity index (χ0n) is 12.0. The molecule has 0 bridgehead atoms. The van der Waals surface area contributed by atoms with Gasteiger partial charge in [0.05, 0.1) is 7.11 Å². The minimum absolute atomic E-state index is 0.0386. The van der Waals surface area contributed by atoms with E-state index in [1.54, 1.807) is 7.11 Å². The van der Waals surface area contributed by atoms with Crippen LogP contribution in [0.4, 0.5) is 0 Å². The van der Waals surface area contributed by atoms with Crippen molar-refractivity contribution in [3.05, 3.63) is 53.1 Å². The van der Waals surface area contributed by atoms with Crippen LogP contribution >= 0.6 is 0 Å². The minimum Gasteiger partial charge on any atom is -0.496 e. The van der Waals surface area contributed by atoms with Gasteiger partial charge in [-0.05, 0) is 55.2 Å². The first kappa shape index (κ1) is 13.6. The molecule has 0 radical (unpaired) electrons. The standard InChI is InChI=1S/C17H21NO/c1-11-8-12(2)17(16(9-11)19-4)15-7-5-6-14(10-15)13(3)18/h5-10,13H,18H2,1-4H3.